The average Bonchev–Trinajstić information content (AvgIpc) is 3.19. The molecule has 0 unspecified atom stereocenters. The van der Waals surface area contributed by atoms with E-state index in [1.807, 2.05) is 4.57 Å². The first kappa shape index (κ1) is 35.8. The van der Waals surface area contributed by atoms with Crippen LogP contribution in [0, 0.1) is 5.92 Å². The zero-order valence-corrected chi connectivity index (χ0v) is 30.5. The number of fused-ring (bicyclic) bond motifs is 1. The van der Waals surface area contributed by atoms with E-state index in [1.54, 1.807) is 6.07 Å². The maximum absolute atomic E-state index is 11.8. The van der Waals surface area contributed by atoms with E-state index in [-0.39, 0.29) is 37.7 Å². The van der Waals surface area contributed by atoms with Gasteiger partial charge >= 0.3 is 0 Å². The number of imidazole rings is 1. The van der Waals surface area contributed by atoms with Gasteiger partial charge in [-0.2, -0.15) is 8.42 Å². The molecule has 42 heavy (non-hydrogen) atoms. The van der Waals surface area contributed by atoms with Crippen LogP contribution >= 0.6 is 23.2 Å². The minimum Gasteiger partial charge on any atom is -0.489 e. The first-order valence-corrected chi connectivity index (χ1v) is 24.6. The molecule has 1 aliphatic rings. The van der Waals surface area contributed by atoms with E-state index in [1.165, 1.54) is 0 Å². The molecule has 14 heteroatoms. The highest BCUT2D eigenvalue weighted by atomic mass is 35.5. The minimum atomic E-state index is -3.59. The molecule has 1 aromatic carbocycles. The Hall–Kier alpha value is -0.706. The van der Waals surface area contributed by atoms with E-state index in [0.717, 1.165) is 43.1 Å². The average molecular weight is 684 g/mol. The summed E-state index contributed by atoms with van der Waals surface area (Å²) < 4.78 is 55.0. The molecule has 2 atom stereocenters. The van der Waals surface area contributed by atoms with Crippen LogP contribution in [-0.4, -0.2) is 73.1 Å². The van der Waals surface area contributed by atoms with E-state index in [2.05, 4.69) is 39.3 Å². The standard InChI is InChI=1S/C28H48Cl2N2O7SSi2/c1-40(33,34)39-24-11-9-8-10-21(24)17-38-28-26(30)22(29)16-23-27(28)31-25(18-37-20-36-13-15-42(5,6)7)32(23)19-35-12-14-41(2,3)4/h16,21,24H,8-15,17-20H2,1-7H3/t21-,24+/m1/s1. The van der Waals surface area contributed by atoms with Gasteiger partial charge in [0.2, 0.25) is 0 Å². The van der Waals surface area contributed by atoms with Gasteiger partial charge in [0, 0.05) is 35.3 Å². The number of benzene rings is 1. The van der Waals surface area contributed by atoms with Crippen molar-refractivity contribution in [2.75, 3.05) is 32.9 Å². The number of rotatable bonds is 17. The lowest BCUT2D eigenvalue weighted by atomic mass is 9.87. The van der Waals surface area contributed by atoms with Crippen molar-refractivity contribution < 1.29 is 31.5 Å². The minimum absolute atomic E-state index is 0.110. The van der Waals surface area contributed by atoms with Crippen molar-refractivity contribution in [1.29, 1.82) is 0 Å². The monoisotopic (exact) mass is 682 g/mol. The van der Waals surface area contributed by atoms with Gasteiger partial charge in [0.15, 0.2) is 5.75 Å². The van der Waals surface area contributed by atoms with Crippen LogP contribution in [0.25, 0.3) is 11.0 Å². The van der Waals surface area contributed by atoms with Crippen LogP contribution < -0.4 is 4.74 Å². The molecule has 0 bridgehead atoms. The highest BCUT2D eigenvalue weighted by Crippen LogP contribution is 2.40. The fourth-order valence-electron chi connectivity index (χ4n) is 4.68. The van der Waals surface area contributed by atoms with Crippen LogP contribution in [0.2, 0.25) is 61.4 Å². The molecule has 2 aromatic rings. The molecule has 0 N–H and O–H groups in total. The molecule has 0 radical (unpaired) electrons. The summed E-state index contributed by atoms with van der Waals surface area (Å²) in [4.78, 5) is 4.86. The van der Waals surface area contributed by atoms with Crippen molar-refractivity contribution in [1.82, 2.24) is 9.55 Å². The molecule has 1 aliphatic carbocycles. The topological polar surface area (TPSA) is 98.1 Å². The number of hydrogen-bond donors (Lipinski definition) is 0. The molecule has 240 valence electrons. The first-order valence-electron chi connectivity index (χ1n) is 14.7. The second-order valence-electron chi connectivity index (χ2n) is 13.6. The van der Waals surface area contributed by atoms with E-state index in [0.29, 0.717) is 41.7 Å². The van der Waals surface area contributed by atoms with Gasteiger partial charge < -0.3 is 23.5 Å². The summed E-state index contributed by atoms with van der Waals surface area (Å²) >= 11 is 13.3. The maximum Gasteiger partial charge on any atom is 0.264 e. The Kier molecular flexibility index (Phi) is 13.2. The predicted octanol–water partition coefficient (Wildman–Crippen LogP) is 7.40. The normalized spacial score (nSPS) is 18.6. The SMILES string of the molecule is C[Si](C)(C)CCOCOCc1nc2c(OC[C@H]3CCCC[C@@H]3OS(C)(=O)=O)c(Cl)c(Cl)cc2n1COCC[Si](C)(C)C. The first-order chi connectivity index (χ1) is 19.5. The van der Waals surface area contributed by atoms with Gasteiger partial charge in [-0.15, -0.1) is 0 Å². The maximum atomic E-state index is 11.8. The van der Waals surface area contributed by atoms with Crippen LogP contribution in [0.1, 0.15) is 31.5 Å². The molecular weight excluding hydrogens is 635 g/mol. The Balaban J connectivity index is 1.83. The van der Waals surface area contributed by atoms with Gasteiger partial charge in [-0.25, -0.2) is 4.98 Å². The van der Waals surface area contributed by atoms with Crippen LogP contribution in [0.3, 0.4) is 0 Å². The second-order valence-corrected chi connectivity index (χ2v) is 27.2. The third-order valence-corrected chi connectivity index (χ3v) is 11.9. The molecule has 9 nitrogen and oxygen atoms in total. The van der Waals surface area contributed by atoms with Crippen LogP contribution in [0.4, 0.5) is 0 Å². The number of ether oxygens (including phenoxy) is 4. The van der Waals surface area contributed by atoms with Crippen molar-refractivity contribution in [3.05, 3.63) is 21.9 Å². The Labute approximate surface area is 263 Å². The van der Waals surface area contributed by atoms with E-state index >= 15 is 0 Å². The predicted molar refractivity (Wildman–Crippen MR) is 175 cm³/mol. The molecule has 0 aliphatic heterocycles. The van der Waals surface area contributed by atoms with Crippen molar-refractivity contribution in [2.24, 2.45) is 5.92 Å². The summed E-state index contributed by atoms with van der Waals surface area (Å²) in [5, 5.41) is 0.587. The van der Waals surface area contributed by atoms with Gasteiger partial charge in [0.05, 0.1) is 29.5 Å². The zero-order valence-electron chi connectivity index (χ0n) is 26.1. The lowest BCUT2D eigenvalue weighted by Crippen LogP contribution is -2.33. The molecule has 0 amide bonds. The Morgan fingerprint density at radius 2 is 1.62 bits per heavy atom. The van der Waals surface area contributed by atoms with E-state index in [9.17, 15) is 8.42 Å². The van der Waals surface area contributed by atoms with Crippen molar-refractivity contribution in [3.63, 3.8) is 0 Å². The van der Waals surface area contributed by atoms with Crippen LogP contribution in [0.5, 0.6) is 5.75 Å². The summed E-state index contributed by atoms with van der Waals surface area (Å²) in [6, 6.07) is 3.87. The molecule has 1 fully saturated rings. The molecule has 3 rings (SSSR count). The van der Waals surface area contributed by atoms with E-state index in [4.69, 9.17) is 51.3 Å². The summed E-state index contributed by atoms with van der Waals surface area (Å²) in [7, 11) is -6.03. The highest BCUT2D eigenvalue weighted by molar-refractivity contribution is 7.86. The molecule has 0 spiro atoms. The highest BCUT2D eigenvalue weighted by Gasteiger charge is 2.30. The largest absolute Gasteiger partial charge is 0.489 e. The number of halogens is 2. The van der Waals surface area contributed by atoms with Gasteiger partial charge in [0.25, 0.3) is 10.1 Å². The Morgan fingerprint density at radius 1 is 0.976 bits per heavy atom. The summed E-state index contributed by atoms with van der Waals surface area (Å²) in [5.74, 6) is 0.893. The fourth-order valence-corrected chi connectivity index (χ4v) is 7.28. The summed E-state index contributed by atoms with van der Waals surface area (Å²) in [6.45, 7) is 16.1. The Bertz CT molecular complexity index is 1280. The van der Waals surface area contributed by atoms with Gasteiger partial charge in [-0.3, -0.25) is 4.18 Å². The number of nitrogens with zero attached hydrogens (tertiary/aromatic N) is 2. The summed E-state index contributed by atoms with van der Waals surface area (Å²) in [6.07, 6.45) is 3.97. The zero-order chi connectivity index (χ0) is 31.1. The van der Waals surface area contributed by atoms with Crippen LogP contribution in [-0.2, 0) is 41.8 Å². The number of hydrogen-bond acceptors (Lipinski definition) is 8. The number of aromatic nitrogens is 2. The van der Waals surface area contributed by atoms with Gasteiger partial charge in [-0.1, -0.05) is 75.3 Å². The Morgan fingerprint density at radius 3 is 2.26 bits per heavy atom. The second kappa shape index (κ2) is 15.5. The van der Waals surface area contributed by atoms with Gasteiger partial charge in [0.1, 0.15) is 36.5 Å². The quantitative estimate of drug-likeness (QED) is 0.0737. The molecule has 0 saturated heterocycles. The third-order valence-electron chi connectivity index (χ3n) is 7.16. The summed E-state index contributed by atoms with van der Waals surface area (Å²) in [5.41, 5.74) is 1.27. The molecular formula is C28H48Cl2N2O7SSi2. The van der Waals surface area contributed by atoms with E-state index < -0.39 is 32.4 Å². The van der Waals surface area contributed by atoms with Crippen molar-refractivity contribution in [3.8, 4) is 5.75 Å². The smallest absolute Gasteiger partial charge is 0.264 e. The van der Waals surface area contributed by atoms with Crippen molar-refractivity contribution in [2.45, 2.75) is 96.5 Å². The van der Waals surface area contributed by atoms with Crippen molar-refractivity contribution >= 4 is 60.5 Å². The van der Waals surface area contributed by atoms with Gasteiger partial charge in [-0.05, 0) is 31.0 Å². The van der Waals surface area contributed by atoms with Crippen LogP contribution in [0.15, 0.2) is 6.07 Å². The fraction of sp³-hybridized carbons (Fsp3) is 0.750. The molecule has 1 saturated carbocycles. The third kappa shape index (κ3) is 11.7. The lowest BCUT2D eigenvalue weighted by molar-refractivity contribution is -0.0609. The molecule has 1 aromatic heterocycles. The molecule has 1 heterocycles. The lowest BCUT2D eigenvalue weighted by Gasteiger charge is -2.30.